The summed E-state index contributed by atoms with van der Waals surface area (Å²) in [7, 11) is -1.12. The van der Waals surface area contributed by atoms with Crippen molar-refractivity contribution >= 4 is 10.0 Å². The highest BCUT2D eigenvalue weighted by molar-refractivity contribution is 7.89. The molecule has 0 N–H and O–H groups in total. The van der Waals surface area contributed by atoms with Gasteiger partial charge in [0, 0.05) is 25.7 Å². The van der Waals surface area contributed by atoms with Gasteiger partial charge in [0.2, 0.25) is 10.0 Å². The van der Waals surface area contributed by atoms with Crippen LogP contribution >= 0.6 is 0 Å². The second-order valence-electron chi connectivity index (χ2n) is 6.36. The van der Waals surface area contributed by atoms with Crippen molar-refractivity contribution in [2.45, 2.75) is 46.2 Å². The summed E-state index contributed by atoms with van der Waals surface area (Å²) in [4.78, 5) is 6.38. The normalized spacial score (nSPS) is 21.6. The van der Waals surface area contributed by atoms with Gasteiger partial charge in [0.15, 0.2) is 6.39 Å². The molecule has 1 saturated heterocycles. The average Bonchev–Trinajstić information content (AvgIpc) is 3.08. The molecule has 6 nitrogen and oxygen atoms in total. The standard InChI is InChI=1S/C15H27N3O3S/c1-5-12(2)10-22(19,20)18-7-6-14(8-18)17(4)9-15-13(3)21-11-16-15/h11-12,14H,5-10H2,1-4H3. The molecule has 0 amide bonds. The van der Waals surface area contributed by atoms with Gasteiger partial charge in [-0.3, -0.25) is 4.90 Å². The highest BCUT2D eigenvalue weighted by Crippen LogP contribution is 2.21. The Balaban J connectivity index is 1.93. The van der Waals surface area contributed by atoms with Crippen molar-refractivity contribution in [3.8, 4) is 0 Å². The number of likely N-dealkylation sites (N-methyl/N-ethyl adjacent to an activating group) is 1. The van der Waals surface area contributed by atoms with Crippen molar-refractivity contribution in [2.75, 3.05) is 25.9 Å². The van der Waals surface area contributed by atoms with Gasteiger partial charge in [0.1, 0.15) is 5.76 Å². The summed E-state index contributed by atoms with van der Waals surface area (Å²) in [6, 6.07) is 0.239. The predicted molar refractivity (Wildman–Crippen MR) is 85.9 cm³/mol. The molecule has 1 aromatic heterocycles. The van der Waals surface area contributed by atoms with Gasteiger partial charge in [-0.1, -0.05) is 20.3 Å². The van der Waals surface area contributed by atoms with E-state index in [0.717, 1.165) is 24.3 Å². The van der Waals surface area contributed by atoms with Crippen LogP contribution in [0.25, 0.3) is 0 Å². The minimum absolute atomic E-state index is 0.208. The smallest absolute Gasteiger partial charge is 0.214 e. The molecular formula is C15H27N3O3S. The van der Waals surface area contributed by atoms with Crippen molar-refractivity contribution in [3.05, 3.63) is 17.8 Å². The summed E-state index contributed by atoms with van der Waals surface area (Å²) in [5.41, 5.74) is 0.920. The molecule has 0 spiro atoms. The zero-order valence-corrected chi connectivity index (χ0v) is 14.8. The molecule has 1 aliphatic rings. The largest absolute Gasteiger partial charge is 0.448 e. The summed E-state index contributed by atoms with van der Waals surface area (Å²) in [5, 5.41) is 0. The van der Waals surface area contributed by atoms with Crippen LogP contribution in [0.3, 0.4) is 0 Å². The van der Waals surface area contributed by atoms with Crippen LogP contribution in [0.15, 0.2) is 10.8 Å². The van der Waals surface area contributed by atoms with Gasteiger partial charge in [0.05, 0.1) is 11.4 Å². The Kier molecular flexibility index (Phi) is 5.63. The van der Waals surface area contributed by atoms with E-state index >= 15 is 0 Å². The Morgan fingerprint density at radius 2 is 2.27 bits per heavy atom. The Hall–Kier alpha value is -0.920. The minimum Gasteiger partial charge on any atom is -0.448 e. The van der Waals surface area contributed by atoms with Crippen LogP contribution in [-0.2, 0) is 16.6 Å². The number of hydrogen-bond donors (Lipinski definition) is 0. The number of aryl methyl sites for hydroxylation is 1. The van der Waals surface area contributed by atoms with Gasteiger partial charge < -0.3 is 4.42 Å². The lowest BCUT2D eigenvalue weighted by atomic mass is 10.2. The average molecular weight is 329 g/mol. The topological polar surface area (TPSA) is 66.7 Å². The van der Waals surface area contributed by atoms with Crippen molar-refractivity contribution in [1.29, 1.82) is 0 Å². The number of aromatic nitrogens is 1. The Morgan fingerprint density at radius 1 is 1.55 bits per heavy atom. The first-order valence-corrected chi connectivity index (χ1v) is 9.51. The first kappa shape index (κ1) is 17.4. The van der Waals surface area contributed by atoms with Crippen LogP contribution in [0.4, 0.5) is 0 Å². The van der Waals surface area contributed by atoms with E-state index in [2.05, 4.69) is 9.88 Å². The minimum atomic E-state index is -3.14. The fourth-order valence-corrected chi connectivity index (χ4v) is 4.70. The predicted octanol–water partition coefficient (Wildman–Crippen LogP) is 1.87. The van der Waals surface area contributed by atoms with E-state index in [1.54, 1.807) is 4.31 Å². The highest BCUT2D eigenvalue weighted by atomic mass is 32.2. The maximum absolute atomic E-state index is 12.4. The SMILES string of the molecule is CCC(C)CS(=O)(=O)N1CCC(N(C)Cc2ncoc2C)C1. The van der Waals surface area contributed by atoms with E-state index in [9.17, 15) is 8.42 Å². The molecule has 1 fully saturated rings. The third kappa shape index (κ3) is 4.08. The van der Waals surface area contributed by atoms with Crippen molar-refractivity contribution in [2.24, 2.45) is 5.92 Å². The summed E-state index contributed by atoms with van der Waals surface area (Å²) in [6.07, 6.45) is 3.21. The Labute approximate surface area is 133 Å². The van der Waals surface area contributed by atoms with Gasteiger partial charge in [-0.15, -0.1) is 0 Å². The van der Waals surface area contributed by atoms with Crippen LogP contribution in [0.1, 0.15) is 38.1 Å². The maximum atomic E-state index is 12.4. The molecule has 7 heteroatoms. The molecule has 2 rings (SSSR count). The van der Waals surface area contributed by atoms with Crippen LogP contribution in [0.2, 0.25) is 0 Å². The Morgan fingerprint density at radius 3 is 2.86 bits per heavy atom. The molecule has 2 atom stereocenters. The fourth-order valence-electron chi connectivity index (χ4n) is 2.75. The monoisotopic (exact) mass is 329 g/mol. The van der Waals surface area contributed by atoms with E-state index in [4.69, 9.17) is 4.42 Å². The van der Waals surface area contributed by atoms with Crippen molar-refractivity contribution in [1.82, 2.24) is 14.2 Å². The van der Waals surface area contributed by atoms with Crippen LogP contribution in [0, 0.1) is 12.8 Å². The van der Waals surface area contributed by atoms with Gasteiger partial charge in [-0.05, 0) is 26.3 Å². The van der Waals surface area contributed by atoms with Crippen LogP contribution in [-0.4, -0.2) is 54.5 Å². The molecule has 0 aliphatic carbocycles. The molecule has 1 aliphatic heterocycles. The van der Waals surface area contributed by atoms with E-state index in [0.29, 0.717) is 19.6 Å². The van der Waals surface area contributed by atoms with Gasteiger partial charge >= 0.3 is 0 Å². The molecule has 22 heavy (non-hydrogen) atoms. The lowest BCUT2D eigenvalue weighted by Gasteiger charge is -2.24. The lowest BCUT2D eigenvalue weighted by molar-refractivity contribution is 0.238. The summed E-state index contributed by atoms with van der Waals surface area (Å²) in [5.74, 6) is 1.29. The molecule has 126 valence electrons. The summed E-state index contributed by atoms with van der Waals surface area (Å²) in [6.45, 7) is 7.79. The second kappa shape index (κ2) is 7.10. The fraction of sp³-hybridized carbons (Fsp3) is 0.800. The van der Waals surface area contributed by atoms with Crippen molar-refractivity contribution in [3.63, 3.8) is 0 Å². The third-order valence-corrected chi connectivity index (χ3v) is 6.69. The molecule has 0 bridgehead atoms. The van der Waals surface area contributed by atoms with E-state index < -0.39 is 10.0 Å². The summed E-state index contributed by atoms with van der Waals surface area (Å²) >= 11 is 0. The first-order chi connectivity index (χ1) is 10.3. The second-order valence-corrected chi connectivity index (χ2v) is 8.38. The number of rotatable bonds is 7. The maximum Gasteiger partial charge on any atom is 0.214 e. The molecule has 2 unspecified atom stereocenters. The lowest BCUT2D eigenvalue weighted by Crippen LogP contribution is -2.38. The molecule has 0 radical (unpaired) electrons. The van der Waals surface area contributed by atoms with Crippen LogP contribution < -0.4 is 0 Å². The molecule has 0 saturated carbocycles. The number of hydrogen-bond acceptors (Lipinski definition) is 5. The van der Waals surface area contributed by atoms with Crippen molar-refractivity contribution < 1.29 is 12.8 Å². The van der Waals surface area contributed by atoms with Crippen LogP contribution in [0.5, 0.6) is 0 Å². The summed E-state index contributed by atoms with van der Waals surface area (Å²) < 4.78 is 31.7. The first-order valence-electron chi connectivity index (χ1n) is 7.90. The quantitative estimate of drug-likeness (QED) is 0.764. The zero-order chi connectivity index (χ0) is 16.3. The van der Waals surface area contributed by atoms with E-state index in [1.165, 1.54) is 6.39 Å². The molecule has 2 heterocycles. The van der Waals surface area contributed by atoms with E-state index in [1.807, 2.05) is 27.8 Å². The number of sulfonamides is 1. The Bertz CT molecular complexity index is 585. The zero-order valence-electron chi connectivity index (χ0n) is 13.9. The molecule has 0 aromatic carbocycles. The van der Waals surface area contributed by atoms with Gasteiger partial charge in [-0.2, -0.15) is 0 Å². The highest BCUT2D eigenvalue weighted by Gasteiger charge is 2.34. The third-order valence-electron chi connectivity index (χ3n) is 4.58. The van der Waals surface area contributed by atoms with E-state index in [-0.39, 0.29) is 17.7 Å². The van der Waals surface area contributed by atoms with Gasteiger partial charge in [0.25, 0.3) is 0 Å². The molecule has 1 aromatic rings. The number of oxazole rings is 1. The number of nitrogens with zero attached hydrogens (tertiary/aromatic N) is 3. The molecular weight excluding hydrogens is 302 g/mol. The van der Waals surface area contributed by atoms with Gasteiger partial charge in [-0.25, -0.2) is 17.7 Å².